The number of rotatable bonds is 3. The van der Waals surface area contributed by atoms with Gasteiger partial charge in [0, 0.05) is 12.5 Å². The van der Waals surface area contributed by atoms with E-state index in [2.05, 4.69) is 10.7 Å². The zero-order valence-corrected chi connectivity index (χ0v) is 12.8. The van der Waals surface area contributed by atoms with E-state index in [9.17, 15) is 14.7 Å². The van der Waals surface area contributed by atoms with Gasteiger partial charge in [0.05, 0.1) is 12.5 Å². The standard InChI is InChI=1S/C17H20O4/c1-6-16(4)11-14(18)10-13(3)17(16,20)8-7-12(2)9-15(19)21-5/h1,7-10,20H,11H2,2-5H3/b8-7+,12-9-/t16-,17?/m1/s1. The topological polar surface area (TPSA) is 63.6 Å². The molecule has 1 rings (SSSR count). The SMILES string of the molecule is C#C[C@]1(C)CC(=O)C=C(C)C1(O)/C=C/C(C)=C\C(=O)OC. The Labute approximate surface area is 125 Å². The molecule has 0 aromatic rings. The molecule has 2 atom stereocenters. The molecule has 1 unspecified atom stereocenters. The molecule has 0 aromatic heterocycles. The molecular formula is C17H20O4. The Hall–Kier alpha value is -2.12. The molecule has 1 N–H and O–H groups in total. The Morgan fingerprint density at radius 3 is 2.71 bits per heavy atom. The molecule has 0 spiro atoms. The van der Waals surface area contributed by atoms with Gasteiger partial charge in [0.25, 0.3) is 0 Å². The van der Waals surface area contributed by atoms with Gasteiger partial charge in [0.2, 0.25) is 0 Å². The first kappa shape index (κ1) is 16.9. The van der Waals surface area contributed by atoms with Gasteiger partial charge >= 0.3 is 5.97 Å². The third kappa shape index (κ3) is 3.32. The fourth-order valence-corrected chi connectivity index (χ4v) is 2.34. The van der Waals surface area contributed by atoms with Crippen LogP contribution in [-0.4, -0.2) is 29.6 Å². The normalized spacial score (nSPS) is 30.0. The van der Waals surface area contributed by atoms with E-state index < -0.39 is 17.0 Å². The van der Waals surface area contributed by atoms with Crippen molar-refractivity contribution in [3.63, 3.8) is 0 Å². The van der Waals surface area contributed by atoms with Gasteiger partial charge < -0.3 is 9.84 Å². The highest BCUT2D eigenvalue weighted by molar-refractivity contribution is 5.93. The summed E-state index contributed by atoms with van der Waals surface area (Å²) in [7, 11) is 1.29. The van der Waals surface area contributed by atoms with Crippen LogP contribution < -0.4 is 0 Å². The third-order valence-electron chi connectivity index (χ3n) is 3.80. The highest BCUT2D eigenvalue weighted by Gasteiger charge is 2.49. The maximum Gasteiger partial charge on any atom is 0.330 e. The molecule has 0 saturated heterocycles. The lowest BCUT2D eigenvalue weighted by molar-refractivity contribution is -0.134. The van der Waals surface area contributed by atoms with Crippen molar-refractivity contribution in [1.29, 1.82) is 0 Å². The molecule has 4 heteroatoms. The third-order valence-corrected chi connectivity index (χ3v) is 3.80. The Bertz CT molecular complexity index is 588. The fourth-order valence-electron chi connectivity index (χ4n) is 2.34. The van der Waals surface area contributed by atoms with Crippen molar-refractivity contribution in [3.8, 4) is 12.3 Å². The average molecular weight is 288 g/mol. The van der Waals surface area contributed by atoms with Crippen molar-refractivity contribution in [1.82, 2.24) is 0 Å². The molecule has 1 aliphatic carbocycles. The minimum Gasteiger partial charge on any atom is -0.466 e. The summed E-state index contributed by atoms with van der Waals surface area (Å²) in [6.45, 7) is 5.04. The van der Waals surface area contributed by atoms with Crippen LogP contribution in [0.3, 0.4) is 0 Å². The summed E-state index contributed by atoms with van der Waals surface area (Å²) in [5.74, 6) is 1.95. The molecule has 4 nitrogen and oxygen atoms in total. The zero-order chi connectivity index (χ0) is 16.3. The van der Waals surface area contributed by atoms with Gasteiger partial charge in [-0.15, -0.1) is 6.42 Å². The summed E-state index contributed by atoms with van der Waals surface area (Å²) >= 11 is 0. The first-order valence-corrected chi connectivity index (χ1v) is 6.56. The second-order valence-corrected chi connectivity index (χ2v) is 5.46. The van der Waals surface area contributed by atoms with Crippen molar-refractivity contribution < 1.29 is 19.4 Å². The first-order chi connectivity index (χ1) is 9.68. The van der Waals surface area contributed by atoms with Gasteiger partial charge in [-0.1, -0.05) is 12.0 Å². The van der Waals surface area contributed by atoms with Crippen LogP contribution in [-0.2, 0) is 14.3 Å². The molecule has 0 aromatic carbocycles. The molecule has 0 fully saturated rings. The van der Waals surface area contributed by atoms with Crippen molar-refractivity contribution >= 4 is 11.8 Å². The van der Waals surface area contributed by atoms with Crippen LogP contribution in [0.1, 0.15) is 27.2 Å². The van der Waals surface area contributed by atoms with Crippen LogP contribution in [0.2, 0.25) is 0 Å². The van der Waals surface area contributed by atoms with Crippen molar-refractivity contribution in [3.05, 3.63) is 35.5 Å². The molecule has 112 valence electrons. The van der Waals surface area contributed by atoms with Gasteiger partial charge in [-0.25, -0.2) is 4.79 Å². The molecule has 0 heterocycles. The van der Waals surface area contributed by atoms with Crippen LogP contribution >= 0.6 is 0 Å². The van der Waals surface area contributed by atoms with Crippen LogP contribution in [0.25, 0.3) is 0 Å². The highest BCUT2D eigenvalue weighted by Crippen LogP contribution is 2.44. The van der Waals surface area contributed by atoms with Crippen molar-refractivity contribution in [2.75, 3.05) is 7.11 Å². The largest absolute Gasteiger partial charge is 0.466 e. The van der Waals surface area contributed by atoms with Crippen LogP contribution in [0.5, 0.6) is 0 Å². The number of hydrogen-bond acceptors (Lipinski definition) is 4. The summed E-state index contributed by atoms with van der Waals surface area (Å²) in [6.07, 6.45) is 11.4. The maximum atomic E-state index is 11.7. The second-order valence-electron chi connectivity index (χ2n) is 5.46. The summed E-state index contributed by atoms with van der Waals surface area (Å²) in [5, 5.41) is 10.9. The molecule has 0 radical (unpaired) electrons. The van der Waals surface area contributed by atoms with Gasteiger partial charge in [0.1, 0.15) is 5.60 Å². The van der Waals surface area contributed by atoms with E-state index in [0.717, 1.165) is 0 Å². The van der Waals surface area contributed by atoms with Crippen molar-refractivity contribution in [2.45, 2.75) is 32.8 Å². The lowest BCUT2D eigenvalue weighted by atomic mass is 9.64. The lowest BCUT2D eigenvalue weighted by Gasteiger charge is -2.42. The monoisotopic (exact) mass is 288 g/mol. The van der Waals surface area contributed by atoms with Crippen molar-refractivity contribution in [2.24, 2.45) is 5.41 Å². The number of ether oxygens (including phenoxy) is 1. The smallest absolute Gasteiger partial charge is 0.330 e. The molecular weight excluding hydrogens is 268 g/mol. The summed E-state index contributed by atoms with van der Waals surface area (Å²) < 4.78 is 4.54. The Morgan fingerprint density at radius 2 is 2.19 bits per heavy atom. The Morgan fingerprint density at radius 1 is 1.57 bits per heavy atom. The van der Waals surface area contributed by atoms with Gasteiger partial charge in [-0.2, -0.15) is 0 Å². The van der Waals surface area contributed by atoms with Crippen LogP contribution in [0.15, 0.2) is 35.5 Å². The maximum absolute atomic E-state index is 11.7. The number of terminal acetylenes is 1. The van der Waals surface area contributed by atoms with Gasteiger partial charge in [-0.3, -0.25) is 4.79 Å². The number of carbonyl (C=O) groups excluding carboxylic acids is 2. The van der Waals surface area contributed by atoms with E-state index in [0.29, 0.717) is 11.1 Å². The second kappa shape index (κ2) is 6.11. The average Bonchev–Trinajstić information content (AvgIpc) is 2.42. The first-order valence-electron chi connectivity index (χ1n) is 6.56. The van der Waals surface area contributed by atoms with E-state index in [1.54, 1.807) is 26.8 Å². The highest BCUT2D eigenvalue weighted by atomic mass is 16.5. The van der Waals surface area contributed by atoms with E-state index in [4.69, 9.17) is 6.42 Å². The zero-order valence-electron chi connectivity index (χ0n) is 12.8. The summed E-state index contributed by atoms with van der Waals surface area (Å²) in [6, 6.07) is 0. The number of carbonyl (C=O) groups is 2. The number of hydrogen-bond donors (Lipinski definition) is 1. The summed E-state index contributed by atoms with van der Waals surface area (Å²) in [4.78, 5) is 22.8. The lowest BCUT2D eigenvalue weighted by Crippen LogP contribution is -2.49. The number of allylic oxidation sites excluding steroid dienone is 3. The molecule has 21 heavy (non-hydrogen) atoms. The van der Waals surface area contributed by atoms with E-state index in [1.807, 2.05) is 0 Å². The van der Waals surface area contributed by atoms with Crippen LogP contribution in [0.4, 0.5) is 0 Å². The molecule has 0 bridgehead atoms. The summed E-state index contributed by atoms with van der Waals surface area (Å²) in [5.41, 5.74) is -1.35. The number of aliphatic hydroxyl groups is 1. The van der Waals surface area contributed by atoms with E-state index >= 15 is 0 Å². The predicted octanol–water partition coefficient (Wildman–Crippen LogP) is 1.95. The predicted molar refractivity (Wildman–Crippen MR) is 80.2 cm³/mol. The quantitative estimate of drug-likeness (QED) is 0.373. The Balaban J connectivity index is 3.21. The van der Waals surface area contributed by atoms with E-state index in [1.165, 1.54) is 25.3 Å². The van der Waals surface area contributed by atoms with E-state index in [-0.39, 0.29) is 12.2 Å². The number of methoxy groups -OCH3 is 1. The fraction of sp³-hybridized carbons (Fsp3) is 0.412. The number of esters is 1. The molecule has 0 amide bonds. The molecule has 0 aliphatic heterocycles. The van der Waals surface area contributed by atoms with Crippen LogP contribution in [0, 0.1) is 17.8 Å². The molecule has 0 saturated carbocycles. The minimum atomic E-state index is -1.43. The minimum absolute atomic E-state index is 0.0709. The van der Waals surface area contributed by atoms with Gasteiger partial charge in [0.15, 0.2) is 5.78 Å². The molecule has 1 aliphatic rings. The Kier molecular flexibility index (Phi) is 4.93. The van der Waals surface area contributed by atoms with Gasteiger partial charge in [-0.05, 0) is 44.1 Å². The number of ketones is 1.